The van der Waals surface area contributed by atoms with Crippen LogP contribution in [0.1, 0.15) is 22.2 Å². The van der Waals surface area contributed by atoms with E-state index < -0.39 is 45.4 Å². The molecule has 2 heterocycles. The number of ether oxygens (including phenoxy) is 2. The molecular formula is C24H25F2N3O6S. The lowest BCUT2D eigenvalue weighted by molar-refractivity contribution is -0.120. The van der Waals surface area contributed by atoms with Gasteiger partial charge >= 0.3 is 0 Å². The predicted molar refractivity (Wildman–Crippen MR) is 129 cm³/mol. The Labute approximate surface area is 207 Å². The number of halogens is 2. The van der Waals surface area contributed by atoms with Crippen molar-refractivity contribution in [3.8, 4) is 17.4 Å². The number of hydrogen-bond donors (Lipinski definition) is 2. The molecule has 1 aliphatic rings. The van der Waals surface area contributed by atoms with Crippen LogP contribution in [0.3, 0.4) is 0 Å². The van der Waals surface area contributed by atoms with E-state index >= 15 is 0 Å². The summed E-state index contributed by atoms with van der Waals surface area (Å²) in [6.07, 6.45) is 5.27. The number of rotatable bonds is 5. The Hall–Kier alpha value is -3.80. The average molecular weight is 522 g/mol. The van der Waals surface area contributed by atoms with E-state index in [0.29, 0.717) is 17.1 Å². The van der Waals surface area contributed by atoms with Gasteiger partial charge in [0.25, 0.3) is 17.7 Å². The van der Waals surface area contributed by atoms with E-state index in [1.54, 1.807) is 37.0 Å². The van der Waals surface area contributed by atoms with Crippen molar-refractivity contribution >= 4 is 27.5 Å². The fraction of sp³-hybridized carbons (Fsp3) is 0.292. The van der Waals surface area contributed by atoms with Gasteiger partial charge in [-0.3, -0.25) is 9.59 Å². The van der Waals surface area contributed by atoms with Crippen LogP contribution in [-0.4, -0.2) is 66.0 Å². The van der Waals surface area contributed by atoms with Crippen molar-refractivity contribution in [1.29, 1.82) is 0 Å². The van der Waals surface area contributed by atoms with Gasteiger partial charge in [-0.15, -0.1) is 0 Å². The number of carbonyl (C=O) groups is 2. The molecule has 0 bridgehead atoms. The largest absolute Gasteiger partial charge is 0.497 e. The van der Waals surface area contributed by atoms with E-state index in [-0.39, 0.29) is 29.5 Å². The van der Waals surface area contributed by atoms with Crippen molar-refractivity contribution in [2.24, 2.45) is 0 Å². The van der Waals surface area contributed by atoms with Gasteiger partial charge in [-0.1, -0.05) is 0 Å². The monoisotopic (exact) mass is 521 g/mol. The summed E-state index contributed by atoms with van der Waals surface area (Å²) in [5, 5.41) is 15.3. The molecule has 0 fully saturated rings. The molecule has 36 heavy (non-hydrogen) atoms. The summed E-state index contributed by atoms with van der Waals surface area (Å²) in [7, 11) is -0.238. The summed E-state index contributed by atoms with van der Waals surface area (Å²) in [5.74, 6) is -3.04. The van der Waals surface area contributed by atoms with Crippen LogP contribution in [0.2, 0.25) is 0 Å². The molecule has 12 heteroatoms. The second kappa shape index (κ2) is 9.69. The quantitative estimate of drug-likeness (QED) is 0.523. The third-order valence-corrected chi connectivity index (χ3v) is 7.13. The summed E-state index contributed by atoms with van der Waals surface area (Å²) in [4.78, 5) is 27.9. The smallest absolute Gasteiger partial charge is 0.293 e. The highest BCUT2D eigenvalue weighted by molar-refractivity contribution is 8.32. The Morgan fingerprint density at radius 1 is 1.17 bits per heavy atom. The van der Waals surface area contributed by atoms with Gasteiger partial charge in [0.05, 0.1) is 24.6 Å². The first-order valence-corrected chi connectivity index (χ1v) is 13.6. The molecule has 1 atom stereocenters. The van der Waals surface area contributed by atoms with Gasteiger partial charge in [-0.2, -0.15) is 0 Å². The average Bonchev–Trinajstić information content (AvgIpc) is 3.13. The molecule has 2 aromatic carbocycles. The van der Waals surface area contributed by atoms with Crippen LogP contribution >= 0.6 is 10.0 Å². The van der Waals surface area contributed by atoms with E-state index in [1.807, 2.05) is 0 Å². The number of aromatic nitrogens is 1. The number of fused-ring (bicyclic) bond motifs is 1. The number of hydrogen-bond acceptors (Lipinski definition) is 7. The lowest BCUT2D eigenvalue weighted by Gasteiger charge is -2.29. The van der Waals surface area contributed by atoms with Gasteiger partial charge in [0.1, 0.15) is 35.8 Å². The molecule has 0 saturated carbocycles. The number of anilines is 1. The van der Waals surface area contributed by atoms with Gasteiger partial charge in [0, 0.05) is 17.3 Å². The van der Waals surface area contributed by atoms with Crippen LogP contribution in [0.5, 0.6) is 17.4 Å². The van der Waals surface area contributed by atoms with Crippen LogP contribution in [-0.2, 0) is 4.79 Å². The van der Waals surface area contributed by atoms with E-state index in [4.69, 9.17) is 14.0 Å². The fourth-order valence-corrected chi connectivity index (χ4v) is 5.27. The first kappa shape index (κ1) is 25.3. The minimum Gasteiger partial charge on any atom is -0.497 e. The number of nitrogens with zero attached hydrogens (tertiary/aromatic N) is 2. The van der Waals surface area contributed by atoms with Gasteiger partial charge in [-0.05, 0) is 48.2 Å². The molecule has 3 aromatic rings. The van der Waals surface area contributed by atoms with E-state index in [0.717, 1.165) is 18.2 Å². The van der Waals surface area contributed by atoms with Crippen LogP contribution in [0, 0.1) is 11.6 Å². The molecule has 0 aliphatic carbocycles. The minimum atomic E-state index is -1.71. The molecule has 4 rings (SSSR count). The van der Waals surface area contributed by atoms with Crippen molar-refractivity contribution < 1.29 is 37.5 Å². The van der Waals surface area contributed by atoms with Gasteiger partial charge in [0.2, 0.25) is 5.76 Å². The maximum Gasteiger partial charge on any atom is 0.293 e. The van der Waals surface area contributed by atoms with Crippen LogP contribution in [0.15, 0.2) is 45.8 Å². The van der Waals surface area contributed by atoms with Crippen molar-refractivity contribution in [1.82, 2.24) is 10.1 Å². The van der Waals surface area contributed by atoms with Crippen molar-refractivity contribution in [3.63, 3.8) is 0 Å². The van der Waals surface area contributed by atoms with Crippen molar-refractivity contribution in [3.05, 3.63) is 59.4 Å². The molecule has 0 saturated heterocycles. The summed E-state index contributed by atoms with van der Waals surface area (Å²) >= 11 is 0. The topological polar surface area (TPSA) is 114 Å². The Bertz CT molecular complexity index is 1300. The Balaban J connectivity index is 1.75. The van der Waals surface area contributed by atoms with Crippen LogP contribution in [0.4, 0.5) is 14.5 Å². The van der Waals surface area contributed by atoms with Gasteiger partial charge in [-0.25, -0.2) is 18.8 Å². The highest BCUT2D eigenvalue weighted by atomic mass is 32.3. The summed E-state index contributed by atoms with van der Waals surface area (Å²) in [5.41, 5.74) is 0.215. The summed E-state index contributed by atoms with van der Waals surface area (Å²) in [6.45, 7) is -0.00740. The standard InChI is InChI=1S/C24H25F2N3O6S/c1-33-14-5-6-15-18(11-14)34-8-7-29(24(32)19-12-20(30)28-35-19)21(15)23(31)27-13-9-16(25)22(17(26)10-13)36(2,3)4/h5-6,9-12,21H,7-8H2,1-4H3,(H,27,31)(H,28,30). The molecule has 0 radical (unpaired) electrons. The lowest BCUT2D eigenvalue weighted by atomic mass is 10.0. The number of aromatic hydroxyl groups is 1. The Morgan fingerprint density at radius 2 is 1.86 bits per heavy atom. The Morgan fingerprint density at radius 3 is 2.44 bits per heavy atom. The number of benzene rings is 2. The zero-order chi connectivity index (χ0) is 26.2. The Kier molecular flexibility index (Phi) is 6.81. The SMILES string of the molecule is COc1ccc2c(c1)OCCN(C(=O)c1cc(O)no1)C2C(=O)Nc1cc(F)c(S(C)(C)C)c(F)c1. The van der Waals surface area contributed by atoms with E-state index in [9.17, 15) is 23.5 Å². The lowest BCUT2D eigenvalue weighted by Crippen LogP contribution is -2.42. The zero-order valence-electron chi connectivity index (χ0n) is 20.0. The van der Waals surface area contributed by atoms with Crippen LogP contribution < -0.4 is 14.8 Å². The number of methoxy groups -OCH3 is 1. The maximum atomic E-state index is 14.8. The first-order chi connectivity index (χ1) is 17.0. The first-order valence-electron chi connectivity index (χ1n) is 10.7. The third kappa shape index (κ3) is 4.94. The van der Waals surface area contributed by atoms with Crippen molar-refractivity contribution in [2.75, 3.05) is 44.3 Å². The highest BCUT2D eigenvalue weighted by Gasteiger charge is 2.38. The normalized spacial score (nSPS) is 15.9. The van der Waals surface area contributed by atoms with Crippen molar-refractivity contribution in [2.45, 2.75) is 10.9 Å². The van der Waals surface area contributed by atoms with E-state index in [1.165, 1.54) is 12.0 Å². The summed E-state index contributed by atoms with van der Waals surface area (Å²) < 4.78 is 45.5. The molecular weight excluding hydrogens is 496 g/mol. The highest BCUT2D eigenvalue weighted by Crippen LogP contribution is 2.48. The number of nitrogens with one attached hydrogen (secondary N) is 1. The maximum absolute atomic E-state index is 14.8. The van der Waals surface area contributed by atoms with E-state index in [2.05, 4.69) is 10.5 Å². The molecule has 2 N–H and O–H groups in total. The molecule has 1 aliphatic heterocycles. The second-order valence-corrected chi connectivity index (χ2v) is 12.9. The fourth-order valence-electron chi connectivity index (χ4n) is 3.98. The molecule has 9 nitrogen and oxygen atoms in total. The minimum absolute atomic E-state index is 0.0252. The third-order valence-electron chi connectivity index (χ3n) is 5.51. The molecule has 2 amide bonds. The van der Waals surface area contributed by atoms with Crippen LogP contribution in [0.25, 0.3) is 0 Å². The number of amides is 2. The molecule has 192 valence electrons. The molecule has 1 unspecified atom stereocenters. The zero-order valence-corrected chi connectivity index (χ0v) is 20.8. The summed E-state index contributed by atoms with van der Waals surface area (Å²) in [6, 6.07) is 6.59. The predicted octanol–water partition coefficient (Wildman–Crippen LogP) is 3.93. The van der Waals surface area contributed by atoms with Gasteiger partial charge < -0.3 is 29.3 Å². The number of carbonyl (C=O) groups excluding carboxylic acids is 2. The second-order valence-electron chi connectivity index (χ2n) is 8.80. The van der Waals surface area contributed by atoms with Gasteiger partial charge in [0.15, 0.2) is 0 Å². The molecule has 1 aromatic heterocycles. The molecule has 0 spiro atoms.